The van der Waals surface area contributed by atoms with Gasteiger partial charge in [0.15, 0.2) is 0 Å². The molecule has 2 aromatic carbocycles. The monoisotopic (exact) mass is 559 g/mol. The average molecular weight is 560 g/mol. The summed E-state index contributed by atoms with van der Waals surface area (Å²) in [6, 6.07) is 11.9. The zero-order valence-corrected chi connectivity index (χ0v) is 23.7. The maximum atomic E-state index is 10.5. The molecule has 3 aromatic rings. The molecule has 1 unspecified atom stereocenters. The standard InChI is InChI=1S/C31H41N7O3/c1-2-29(40)36-12-14-37(15-13-36)30-26-8-11-38(28-21-24(39)20-23-6-3-4-7-25(23)28)22-27(26)33-31(34-30)32-9-5-10-35-16-18-41-19-17-35/h2-4,6-7,20-21,29,39-40H,1,5,8-19,22H2,(H,32,33,34). The van der Waals surface area contributed by atoms with Gasteiger partial charge in [0.25, 0.3) is 0 Å². The Morgan fingerprint density at radius 1 is 1.00 bits per heavy atom. The van der Waals surface area contributed by atoms with E-state index in [0.29, 0.717) is 12.5 Å². The van der Waals surface area contributed by atoms with E-state index in [9.17, 15) is 10.2 Å². The lowest BCUT2D eigenvalue weighted by atomic mass is 10.0. The Morgan fingerprint density at radius 2 is 1.80 bits per heavy atom. The van der Waals surface area contributed by atoms with Crippen molar-refractivity contribution in [3.63, 3.8) is 0 Å². The number of benzene rings is 2. The minimum absolute atomic E-state index is 0.273. The molecular weight excluding hydrogens is 518 g/mol. The van der Waals surface area contributed by atoms with Crippen LogP contribution < -0.4 is 15.1 Å². The number of anilines is 3. The number of hydrogen-bond acceptors (Lipinski definition) is 10. The predicted octanol–water partition coefficient (Wildman–Crippen LogP) is 2.66. The summed E-state index contributed by atoms with van der Waals surface area (Å²) < 4.78 is 5.47. The zero-order chi connectivity index (χ0) is 28.2. The molecule has 1 atom stereocenters. The Balaban J connectivity index is 1.24. The summed E-state index contributed by atoms with van der Waals surface area (Å²) in [7, 11) is 0. The SMILES string of the molecule is C=CC(O)N1CCN(c2nc(NCCCN3CCOCC3)nc3c2CCN(c2cc(O)cc4ccccc24)C3)CC1. The third kappa shape index (κ3) is 6.25. The van der Waals surface area contributed by atoms with Crippen LogP contribution in [-0.4, -0.2) is 108 Å². The maximum Gasteiger partial charge on any atom is 0.224 e. The Morgan fingerprint density at radius 3 is 2.61 bits per heavy atom. The van der Waals surface area contributed by atoms with Crippen molar-refractivity contribution in [1.82, 2.24) is 19.8 Å². The van der Waals surface area contributed by atoms with Crippen LogP contribution in [0.25, 0.3) is 10.8 Å². The van der Waals surface area contributed by atoms with Crippen molar-refractivity contribution in [2.24, 2.45) is 0 Å². The number of aromatic hydroxyl groups is 1. The normalized spacial score (nSPS) is 19.2. The summed E-state index contributed by atoms with van der Waals surface area (Å²) in [5, 5.41) is 26.4. The number of hydrogen-bond donors (Lipinski definition) is 3. The number of morpholine rings is 1. The van der Waals surface area contributed by atoms with Crippen molar-refractivity contribution in [1.29, 1.82) is 0 Å². The van der Waals surface area contributed by atoms with Crippen molar-refractivity contribution < 1.29 is 14.9 Å². The van der Waals surface area contributed by atoms with Gasteiger partial charge in [0, 0.05) is 75.1 Å². The van der Waals surface area contributed by atoms with Crippen LogP contribution in [-0.2, 0) is 17.7 Å². The van der Waals surface area contributed by atoms with E-state index in [0.717, 1.165) is 113 Å². The van der Waals surface area contributed by atoms with E-state index >= 15 is 0 Å². The van der Waals surface area contributed by atoms with Crippen LogP contribution >= 0.6 is 0 Å². The van der Waals surface area contributed by atoms with Crippen LogP contribution in [0.2, 0.25) is 0 Å². The molecule has 3 aliphatic rings. The van der Waals surface area contributed by atoms with E-state index in [2.05, 4.69) is 32.7 Å². The van der Waals surface area contributed by atoms with E-state index in [1.54, 1.807) is 6.08 Å². The first kappa shape index (κ1) is 27.7. The highest BCUT2D eigenvalue weighted by atomic mass is 16.5. The van der Waals surface area contributed by atoms with Crippen LogP contribution in [0.1, 0.15) is 17.7 Å². The molecule has 0 radical (unpaired) electrons. The fourth-order valence-corrected chi connectivity index (χ4v) is 6.17. The van der Waals surface area contributed by atoms with Crippen LogP contribution in [0, 0.1) is 0 Å². The molecule has 218 valence electrons. The van der Waals surface area contributed by atoms with Gasteiger partial charge in [-0.05, 0) is 36.9 Å². The number of nitrogens with zero attached hydrogens (tertiary/aromatic N) is 6. The second kappa shape index (κ2) is 12.6. The quantitative estimate of drug-likeness (QED) is 0.268. The first-order valence-electron chi connectivity index (χ1n) is 14.8. The van der Waals surface area contributed by atoms with Gasteiger partial charge in [-0.25, -0.2) is 4.98 Å². The lowest BCUT2D eigenvalue weighted by Gasteiger charge is -2.39. The second-order valence-electron chi connectivity index (χ2n) is 11.1. The van der Waals surface area contributed by atoms with Gasteiger partial charge in [0.2, 0.25) is 5.95 Å². The van der Waals surface area contributed by atoms with E-state index in [4.69, 9.17) is 14.7 Å². The lowest BCUT2D eigenvalue weighted by Crippen LogP contribution is -2.50. The molecule has 1 aromatic heterocycles. The second-order valence-corrected chi connectivity index (χ2v) is 11.1. The number of rotatable bonds is 9. The van der Waals surface area contributed by atoms with Crippen molar-refractivity contribution in [2.75, 3.05) is 87.2 Å². The van der Waals surface area contributed by atoms with Gasteiger partial charge in [-0.2, -0.15) is 4.98 Å². The van der Waals surface area contributed by atoms with E-state index < -0.39 is 6.23 Å². The van der Waals surface area contributed by atoms with Crippen LogP contribution in [0.4, 0.5) is 17.5 Å². The number of piperazine rings is 1. The van der Waals surface area contributed by atoms with Gasteiger partial charge < -0.3 is 30.1 Å². The summed E-state index contributed by atoms with van der Waals surface area (Å²) >= 11 is 0. The van der Waals surface area contributed by atoms with Gasteiger partial charge in [-0.3, -0.25) is 9.80 Å². The van der Waals surface area contributed by atoms with E-state index in [1.165, 1.54) is 5.56 Å². The highest BCUT2D eigenvalue weighted by Gasteiger charge is 2.29. The summed E-state index contributed by atoms with van der Waals surface area (Å²) in [4.78, 5) is 19.2. The average Bonchev–Trinajstić information content (AvgIpc) is 3.02. The first-order valence-corrected chi connectivity index (χ1v) is 14.8. The molecule has 0 amide bonds. The zero-order valence-electron chi connectivity index (χ0n) is 23.7. The van der Waals surface area contributed by atoms with Crippen molar-refractivity contribution >= 4 is 28.2 Å². The van der Waals surface area contributed by atoms with Gasteiger partial charge >= 0.3 is 0 Å². The molecular formula is C31H41N7O3. The summed E-state index contributed by atoms with van der Waals surface area (Å²) in [5.74, 6) is 1.94. The van der Waals surface area contributed by atoms with Gasteiger partial charge in [0.05, 0.1) is 25.5 Å². The van der Waals surface area contributed by atoms with Crippen LogP contribution in [0.3, 0.4) is 0 Å². The molecule has 2 fully saturated rings. The molecule has 10 heteroatoms. The highest BCUT2D eigenvalue weighted by molar-refractivity contribution is 5.95. The summed E-state index contributed by atoms with van der Waals surface area (Å²) in [6.07, 6.45) is 2.79. The predicted molar refractivity (Wildman–Crippen MR) is 163 cm³/mol. The molecule has 2 saturated heterocycles. The topological polar surface area (TPSA) is 100 Å². The smallest absolute Gasteiger partial charge is 0.224 e. The minimum Gasteiger partial charge on any atom is -0.508 e. The molecule has 0 bridgehead atoms. The van der Waals surface area contributed by atoms with Crippen LogP contribution in [0.15, 0.2) is 49.1 Å². The van der Waals surface area contributed by atoms with Gasteiger partial charge in [-0.1, -0.05) is 30.8 Å². The van der Waals surface area contributed by atoms with Crippen molar-refractivity contribution in [3.8, 4) is 5.75 Å². The molecule has 10 nitrogen and oxygen atoms in total. The van der Waals surface area contributed by atoms with E-state index in [1.807, 2.05) is 35.2 Å². The number of fused-ring (bicyclic) bond motifs is 2. The third-order valence-corrected chi connectivity index (χ3v) is 8.45. The number of phenolic OH excluding ortho intramolecular Hbond substituents is 1. The number of nitrogens with one attached hydrogen (secondary N) is 1. The van der Waals surface area contributed by atoms with Gasteiger partial charge in [0.1, 0.15) is 17.8 Å². The molecule has 0 saturated carbocycles. The van der Waals surface area contributed by atoms with Crippen molar-refractivity contribution in [3.05, 3.63) is 60.3 Å². The molecule has 4 heterocycles. The van der Waals surface area contributed by atoms with Crippen LogP contribution in [0.5, 0.6) is 5.75 Å². The summed E-state index contributed by atoms with van der Waals surface area (Å²) in [5.41, 5.74) is 3.25. The molecule has 0 spiro atoms. The number of aromatic nitrogens is 2. The first-order chi connectivity index (χ1) is 20.1. The number of phenols is 1. The molecule has 3 aliphatic heterocycles. The Bertz CT molecular complexity index is 1360. The molecule has 0 aliphatic carbocycles. The van der Waals surface area contributed by atoms with Crippen molar-refractivity contribution in [2.45, 2.75) is 25.6 Å². The highest BCUT2D eigenvalue weighted by Crippen LogP contribution is 2.36. The molecule has 41 heavy (non-hydrogen) atoms. The largest absolute Gasteiger partial charge is 0.508 e. The fraction of sp³-hybridized carbons (Fsp3) is 0.484. The Hall–Kier alpha value is -3.44. The number of aliphatic hydroxyl groups excluding tert-OH is 1. The third-order valence-electron chi connectivity index (χ3n) is 8.45. The fourth-order valence-electron chi connectivity index (χ4n) is 6.17. The molecule has 3 N–H and O–H groups in total. The summed E-state index contributed by atoms with van der Waals surface area (Å²) in [6.45, 7) is 13.7. The Kier molecular flexibility index (Phi) is 8.52. The molecule has 6 rings (SSSR count). The van der Waals surface area contributed by atoms with Gasteiger partial charge in [-0.15, -0.1) is 0 Å². The number of ether oxygens (including phenoxy) is 1. The lowest BCUT2D eigenvalue weighted by molar-refractivity contribution is 0.0378. The number of aliphatic hydroxyl groups is 1. The maximum absolute atomic E-state index is 10.5. The van der Waals surface area contributed by atoms with E-state index in [-0.39, 0.29) is 5.75 Å². The Labute approximate surface area is 241 Å². The minimum atomic E-state index is -0.620.